The fourth-order valence-corrected chi connectivity index (χ4v) is 3.55. The molecule has 0 bridgehead atoms. The summed E-state index contributed by atoms with van der Waals surface area (Å²) >= 11 is 1.58. The van der Waals surface area contributed by atoms with Gasteiger partial charge >= 0.3 is 0 Å². The highest BCUT2D eigenvalue weighted by Crippen LogP contribution is 2.27. The summed E-state index contributed by atoms with van der Waals surface area (Å²) in [5, 5.41) is 22.9. The van der Waals surface area contributed by atoms with E-state index in [1.54, 1.807) is 11.3 Å². The van der Waals surface area contributed by atoms with Crippen molar-refractivity contribution in [1.29, 1.82) is 0 Å². The Morgan fingerprint density at radius 2 is 2.24 bits per heavy atom. The van der Waals surface area contributed by atoms with Gasteiger partial charge in [-0.1, -0.05) is 19.9 Å². The molecular formula is C16H27NO3S. The molecule has 1 aromatic rings. The molecule has 1 aliphatic heterocycles. The smallest absolute Gasteiger partial charge is 0.0897 e. The SMILES string of the molecule is CCC(O)(CC)CN1CCOCC1CC(O)c1cccs1. The molecule has 1 aromatic heterocycles. The number of rotatable bonds is 7. The maximum atomic E-state index is 10.6. The second-order valence-electron chi connectivity index (χ2n) is 5.90. The molecule has 0 saturated carbocycles. The summed E-state index contributed by atoms with van der Waals surface area (Å²) in [6, 6.07) is 4.10. The van der Waals surface area contributed by atoms with Crippen LogP contribution in [0.25, 0.3) is 0 Å². The van der Waals surface area contributed by atoms with Crippen LogP contribution < -0.4 is 0 Å². The molecule has 21 heavy (non-hydrogen) atoms. The van der Waals surface area contributed by atoms with Gasteiger partial charge in [0.2, 0.25) is 0 Å². The van der Waals surface area contributed by atoms with Gasteiger partial charge in [0.25, 0.3) is 0 Å². The highest BCUT2D eigenvalue weighted by molar-refractivity contribution is 7.10. The van der Waals surface area contributed by atoms with E-state index in [9.17, 15) is 10.2 Å². The fourth-order valence-electron chi connectivity index (χ4n) is 2.82. The van der Waals surface area contributed by atoms with Crippen molar-refractivity contribution in [2.45, 2.75) is 50.9 Å². The third-order valence-corrected chi connectivity index (χ3v) is 5.50. The van der Waals surface area contributed by atoms with E-state index in [1.165, 1.54) is 0 Å². The van der Waals surface area contributed by atoms with Gasteiger partial charge in [0, 0.05) is 24.0 Å². The van der Waals surface area contributed by atoms with Gasteiger partial charge in [0.15, 0.2) is 0 Å². The Hall–Kier alpha value is -0.460. The van der Waals surface area contributed by atoms with Crippen LogP contribution in [0.15, 0.2) is 17.5 Å². The van der Waals surface area contributed by atoms with Crippen molar-refractivity contribution in [3.8, 4) is 0 Å². The van der Waals surface area contributed by atoms with Gasteiger partial charge in [0.05, 0.1) is 24.9 Å². The van der Waals surface area contributed by atoms with Gasteiger partial charge in [0.1, 0.15) is 0 Å². The van der Waals surface area contributed by atoms with E-state index in [1.807, 2.05) is 31.4 Å². The Kier molecular flexibility index (Phi) is 6.20. The average Bonchev–Trinajstić information content (AvgIpc) is 3.03. The number of hydrogen-bond acceptors (Lipinski definition) is 5. The van der Waals surface area contributed by atoms with Crippen LogP contribution in [0.1, 0.15) is 44.1 Å². The summed E-state index contributed by atoms with van der Waals surface area (Å²) in [4.78, 5) is 3.29. The molecule has 0 spiro atoms. The number of hydrogen-bond donors (Lipinski definition) is 2. The quantitative estimate of drug-likeness (QED) is 0.812. The number of aliphatic hydroxyl groups is 2. The molecule has 120 valence electrons. The van der Waals surface area contributed by atoms with Gasteiger partial charge in [-0.3, -0.25) is 4.90 Å². The molecule has 2 N–H and O–H groups in total. The van der Waals surface area contributed by atoms with Crippen molar-refractivity contribution in [2.75, 3.05) is 26.3 Å². The average molecular weight is 313 g/mol. The van der Waals surface area contributed by atoms with E-state index >= 15 is 0 Å². The van der Waals surface area contributed by atoms with Gasteiger partial charge in [-0.2, -0.15) is 0 Å². The first-order chi connectivity index (χ1) is 10.1. The predicted octanol–water partition coefficient (Wildman–Crippen LogP) is 2.42. The lowest BCUT2D eigenvalue weighted by Gasteiger charge is -2.41. The third kappa shape index (κ3) is 4.50. The summed E-state index contributed by atoms with van der Waals surface area (Å²) in [7, 11) is 0. The number of β-amino-alcohol motifs (C(OH)–C–C–N with tert-alkyl or cyclic N) is 1. The second-order valence-corrected chi connectivity index (χ2v) is 6.88. The topological polar surface area (TPSA) is 52.9 Å². The molecule has 1 aliphatic rings. The maximum Gasteiger partial charge on any atom is 0.0897 e. The summed E-state index contributed by atoms with van der Waals surface area (Å²) < 4.78 is 5.58. The van der Waals surface area contributed by atoms with Crippen molar-refractivity contribution < 1.29 is 14.9 Å². The number of morpholine rings is 1. The molecule has 4 nitrogen and oxygen atoms in total. The highest BCUT2D eigenvalue weighted by atomic mass is 32.1. The number of ether oxygens (including phenoxy) is 1. The standard InChI is InChI=1S/C16H27NO3S/c1-3-16(19,4-2)12-17-7-8-20-11-13(17)10-14(18)15-6-5-9-21-15/h5-6,9,13-14,18-19H,3-4,7-8,10-12H2,1-2H3. The molecule has 0 aromatic carbocycles. The lowest BCUT2D eigenvalue weighted by Crippen LogP contribution is -2.52. The lowest BCUT2D eigenvalue weighted by atomic mass is 9.95. The minimum atomic E-state index is -0.635. The highest BCUT2D eigenvalue weighted by Gasteiger charge is 2.32. The van der Waals surface area contributed by atoms with Gasteiger partial charge in [-0.25, -0.2) is 0 Å². The molecule has 2 unspecified atom stereocenters. The van der Waals surface area contributed by atoms with Crippen LogP contribution in [0, 0.1) is 0 Å². The van der Waals surface area contributed by atoms with Gasteiger partial charge < -0.3 is 14.9 Å². The number of aliphatic hydroxyl groups excluding tert-OH is 1. The first-order valence-corrected chi connectivity index (χ1v) is 8.71. The second kappa shape index (κ2) is 7.70. The normalized spacial score (nSPS) is 22.4. The Bertz CT molecular complexity index is 406. The number of nitrogens with zero attached hydrogens (tertiary/aromatic N) is 1. The van der Waals surface area contributed by atoms with E-state index < -0.39 is 11.7 Å². The molecule has 0 radical (unpaired) electrons. The Labute approximate surface area is 131 Å². The zero-order valence-electron chi connectivity index (χ0n) is 13.0. The number of thiophene rings is 1. The van der Waals surface area contributed by atoms with Crippen LogP contribution in [0.3, 0.4) is 0 Å². The van der Waals surface area contributed by atoms with Crippen molar-refractivity contribution in [3.63, 3.8) is 0 Å². The van der Waals surface area contributed by atoms with Gasteiger partial charge in [-0.15, -0.1) is 11.3 Å². The lowest BCUT2D eigenvalue weighted by molar-refractivity contribution is -0.0724. The van der Waals surface area contributed by atoms with Crippen molar-refractivity contribution >= 4 is 11.3 Å². The summed E-state index contributed by atoms with van der Waals surface area (Å²) in [5.41, 5.74) is -0.635. The monoisotopic (exact) mass is 313 g/mol. The maximum absolute atomic E-state index is 10.6. The Morgan fingerprint density at radius 3 is 2.86 bits per heavy atom. The minimum absolute atomic E-state index is 0.167. The van der Waals surface area contributed by atoms with E-state index in [0.29, 0.717) is 26.2 Å². The largest absolute Gasteiger partial charge is 0.389 e. The van der Waals surface area contributed by atoms with Gasteiger partial charge in [-0.05, 0) is 30.7 Å². The zero-order valence-corrected chi connectivity index (χ0v) is 13.8. The third-order valence-electron chi connectivity index (χ3n) is 4.53. The van der Waals surface area contributed by atoms with Crippen LogP contribution in [-0.2, 0) is 4.74 Å². The molecule has 1 saturated heterocycles. The molecular weight excluding hydrogens is 286 g/mol. The molecule has 5 heteroatoms. The molecule has 2 rings (SSSR count). The van der Waals surface area contributed by atoms with Crippen LogP contribution in [0.5, 0.6) is 0 Å². The minimum Gasteiger partial charge on any atom is -0.389 e. The zero-order chi connectivity index (χ0) is 15.3. The van der Waals surface area contributed by atoms with E-state index in [0.717, 1.165) is 24.3 Å². The van der Waals surface area contributed by atoms with Crippen LogP contribution in [-0.4, -0.2) is 53.1 Å². The molecule has 0 amide bonds. The fraction of sp³-hybridized carbons (Fsp3) is 0.750. The molecule has 0 aliphatic carbocycles. The summed E-state index contributed by atoms with van der Waals surface area (Å²) in [6.45, 7) is 6.87. The molecule has 2 atom stereocenters. The first kappa shape index (κ1) is 16.9. The van der Waals surface area contributed by atoms with Crippen LogP contribution >= 0.6 is 11.3 Å². The Balaban J connectivity index is 1.98. The Morgan fingerprint density at radius 1 is 1.48 bits per heavy atom. The van der Waals surface area contributed by atoms with Crippen molar-refractivity contribution in [2.24, 2.45) is 0 Å². The van der Waals surface area contributed by atoms with E-state index in [-0.39, 0.29) is 6.04 Å². The van der Waals surface area contributed by atoms with E-state index in [2.05, 4.69) is 4.90 Å². The van der Waals surface area contributed by atoms with Crippen LogP contribution in [0.4, 0.5) is 0 Å². The molecule has 1 fully saturated rings. The molecule has 2 heterocycles. The van der Waals surface area contributed by atoms with Crippen molar-refractivity contribution in [3.05, 3.63) is 22.4 Å². The van der Waals surface area contributed by atoms with Crippen LogP contribution in [0.2, 0.25) is 0 Å². The predicted molar refractivity (Wildman–Crippen MR) is 85.6 cm³/mol. The first-order valence-electron chi connectivity index (χ1n) is 7.83. The summed E-state index contributed by atoms with van der Waals surface area (Å²) in [6.07, 6.45) is 1.71. The van der Waals surface area contributed by atoms with E-state index in [4.69, 9.17) is 4.74 Å². The van der Waals surface area contributed by atoms with Crippen molar-refractivity contribution in [1.82, 2.24) is 4.90 Å². The summed E-state index contributed by atoms with van der Waals surface area (Å²) in [5.74, 6) is 0.